The highest BCUT2D eigenvalue weighted by Crippen LogP contribution is 2.35. The minimum Gasteiger partial charge on any atom is -0.352 e. The summed E-state index contributed by atoms with van der Waals surface area (Å²) in [6.45, 7) is 7.09. The molecular formula is C27H27ClN4OS. The molecule has 34 heavy (non-hydrogen) atoms. The first-order valence-electron chi connectivity index (χ1n) is 11.6. The fourth-order valence-electron chi connectivity index (χ4n) is 4.44. The number of halogens is 1. The Morgan fingerprint density at radius 1 is 0.971 bits per heavy atom. The molecule has 2 aromatic carbocycles. The van der Waals surface area contributed by atoms with Crippen molar-refractivity contribution in [3.05, 3.63) is 87.0 Å². The largest absolute Gasteiger partial charge is 0.352 e. The van der Waals surface area contributed by atoms with Gasteiger partial charge in [-0.25, -0.2) is 9.97 Å². The summed E-state index contributed by atoms with van der Waals surface area (Å²) in [5.41, 5.74) is 3.18. The van der Waals surface area contributed by atoms with Crippen LogP contribution in [0.5, 0.6) is 0 Å². The predicted molar refractivity (Wildman–Crippen MR) is 140 cm³/mol. The van der Waals surface area contributed by atoms with Crippen LogP contribution >= 0.6 is 22.9 Å². The first-order valence-corrected chi connectivity index (χ1v) is 12.8. The highest BCUT2D eigenvalue weighted by molar-refractivity contribution is 7.18. The van der Waals surface area contributed by atoms with E-state index in [0.29, 0.717) is 23.7 Å². The molecule has 0 radical (unpaired) electrons. The van der Waals surface area contributed by atoms with Gasteiger partial charge in [-0.1, -0.05) is 48.0 Å². The standard InChI is InChI=1S/C27H27ClN4OS/c1-18-19(2)34-26-24(18)25(29-23(30-26)12-11-20-7-4-3-5-8-20)31-13-15-32(16-14-31)27(33)21-9-6-10-22(28)17-21/h3-10,17H,11-16H2,1-2H3. The van der Waals surface area contributed by atoms with Crippen LogP contribution in [0.4, 0.5) is 5.82 Å². The molecule has 0 N–H and O–H groups in total. The number of rotatable bonds is 5. The number of piperazine rings is 1. The highest BCUT2D eigenvalue weighted by atomic mass is 35.5. The first-order chi connectivity index (χ1) is 16.5. The Bertz CT molecular complexity index is 1330. The number of amides is 1. The maximum absolute atomic E-state index is 13.0. The molecule has 1 saturated heterocycles. The van der Waals surface area contributed by atoms with Crippen molar-refractivity contribution in [2.24, 2.45) is 0 Å². The van der Waals surface area contributed by atoms with E-state index >= 15 is 0 Å². The molecule has 4 aromatic rings. The van der Waals surface area contributed by atoms with Crippen molar-refractivity contribution >= 4 is 44.9 Å². The monoisotopic (exact) mass is 490 g/mol. The molecule has 5 rings (SSSR count). The molecule has 1 fully saturated rings. The summed E-state index contributed by atoms with van der Waals surface area (Å²) in [5, 5.41) is 1.74. The van der Waals surface area contributed by atoms with Gasteiger partial charge in [0.1, 0.15) is 16.5 Å². The molecule has 1 aliphatic rings. The van der Waals surface area contributed by atoms with Gasteiger partial charge in [-0.3, -0.25) is 4.79 Å². The Morgan fingerprint density at radius 2 is 1.74 bits per heavy atom. The Labute approximate surface area is 209 Å². The maximum Gasteiger partial charge on any atom is 0.254 e. The van der Waals surface area contributed by atoms with Gasteiger partial charge in [0.15, 0.2) is 0 Å². The summed E-state index contributed by atoms with van der Waals surface area (Å²) in [6, 6.07) is 17.6. The number of benzene rings is 2. The molecule has 0 atom stereocenters. The van der Waals surface area contributed by atoms with Crippen molar-refractivity contribution in [2.45, 2.75) is 26.7 Å². The number of carbonyl (C=O) groups is 1. The van der Waals surface area contributed by atoms with Crippen molar-refractivity contribution in [2.75, 3.05) is 31.1 Å². The van der Waals surface area contributed by atoms with Gasteiger partial charge in [0, 0.05) is 48.1 Å². The third-order valence-electron chi connectivity index (χ3n) is 6.47. The van der Waals surface area contributed by atoms with Crippen molar-refractivity contribution < 1.29 is 4.79 Å². The number of carbonyl (C=O) groups excluding carboxylic acids is 1. The van der Waals surface area contributed by atoms with E-state index < -0.39 is 0 Å². The summed E-state index contributed by atoms with van der Waals surface area (Å²) < 4.78 is 0. The van der Waals surface area contributed by atoms with Gasteiger partial charge in [-0.2, -0.15) is 0 Å². The number of hydrogen-bond donors (Lipinski definition) is 0. The van der Waals surface area contributed by atoms with E-state index in [0.717, 1.165) is 47.8 Å². The van der Waals surface area contributed by atoms with Crippen LogP contribution in [0.2, 0.25) is 5.02 Å². The Kier molecular flexibility index (Phi) is 6.53. The zero-order chi connectivity index (χ0) is 23.7. The molecule has 0 spiro atoms. The van der Waals surface area contributed by atoms with Gasteiger partial charge in [0.2, 0.25) is 0 Å². The lowest BCUT2D eigenvalue weighted by Gasteiger charge is -2.36. The van der Waals surface area contributed by atoms with Crippen LogP contribution in [0, 0.1) is 13.8 Å². The SMILES string of the molecule is Cc1sc2nc(CCc3ccccc3)nc(N3CCN(C(=O)c4cccc(Cl)c4)CC3)c2c1C. The fraction of sp³-hybridized carbons (Fsp3) is 0.296. The van der Waals surface area contributed by atoms with Crippen LogP contribution < -0.4 is 4.90 Å². The Morgan fingerprint density at radius 3 is 2.47 bits per heavy atom. The number of aryl methyl sites for hydroxylation is 4. The quantitative estimate of drug-likeness (QED) is 0.359. The van der Waals surface area contributed by atoms with Crippen molar-refractivity contribution in [3.8, 4) is 0 Å². The van der Waals surface area contributed by atoms with Gasteiger partial charge in [-0.15, -0.1) is 11.3 Å². The van der Waals surface area contributed by atoms with Gasteiger partial charge in [-0.05, 0) is 49.6 Å². The van der Waals surface area contributed by atoms with Gasteiger partial charge < -0.3 is 9.80 Å². The lowest BCUT2D eigenvalue weighted by molar-refractivity contribution is 0.0746. The first kappa shape index (κ1) is 22.8. The third-order valence-corrected chi connectivity index (χ3v) is 7.81. The molecule has 7 heteroatoms. The van der Waals surface area contributed by atoms with Crippen LogP contribution in [0.25, 0.3) is 10.2 Å². The van der Waals surface area contributed by atoms with E-state index in [1.54, 1.807) is 23.5 Å². The second kappa shape index (κ2) is 9.72. The fourth-order valence-corrected chi connectivity index (χ4v) is 5.67. The molecule has 5 nitrogen and oxygen atoms in total. The molecule has 0 saturated carbocycles. The van der Waals surface area contributed by atoms with Gasteiger partial charge >= 0.3 is 0 Å². The van der Waals surface area contributed by atoms with Crippen LogP contribution in [-0.2, 0) is 12.8 Å². The number of hydrogen-bond acceptors (Lipinski definition) is 5. The molecule has 3 heterocycles. The maximum atomic E-state index is 13.0. The molecule has 1 amide bonds. The average Bonchev–Trinajstić information content (AvgIpc) is 3.15. The molecule has 2 aromatic heterocycles. The zero-order valence-electron chi connectivity index (χ0n) is 19.4. The summed E-state index contributed by atoms with van der Waals surface area (Å²) in [5.74, 6) is 1.91. The topological polar surface area (TPSA) is 49.3 Å². The van der Waals surface area contributed by atoms with E-state index in [1.807, 2.05) is 23.1 Å². The van der Waals surface area contributed by atoms with Crippen LogP contribution in [0.15, 0.2) is 54.6 Å². The molecule has 0 unspecified atom stereocenters. The Balaban J connectivity index is 1.37. The minimum absolute atomic E-state index is 0.0288. The summed E-state index contributed by atoms with van der Waals surface area (Å²) >= 11 is 7.83. The number of nitrogens with zero attached hydrogens (tertiary/aromatic N) is 4. The zero-order valence-corrected chi connectivity index (χ0v) is 21.0. The van der Waals surface area contributed by atoms with Gasteiger partial charge in [0.05, 0.1) is 5.39 Å². The van der Waals surface area contributed by atoms with Crippen LogP contribution in [-0.4, -0.2) is 47.0 Å². The normalized spacial score (nSPS) is 14.1. The highest BCUT2D eigenvalue weighted by Gasteiger charge is 2.26. The summed E-state index contributed by atoms with van der Waals surface area (Å²) in [7, 11) is 0. The molecule has 0 aliphatic carbocycles. The van der Waals surface area contributed by atoms with Crippen LogP contribution in [0.1, 0.15) is 32.2 Å². The second-order valence-corrected chi connectivity index (χ2v) is 10.3. The number of anilines is 1. The molecule has 1 aliphatic heterocycles. The van der Waals surface area contributed by atoms with E-state index in [9.17, 15) is 4.79 Å². The summed E-state index contributed by atoms with van der Waals surface area (Å²) in [4.78, 5) is 29.5. The van der Waals surface area contributed by atoms with E-state index in [1.165, 1.54) is 16.0 Å². The average molecular weight is 491 g/mol. The molecule has 174 valence electrons. The van der Waals surface area contributed by atoms with Crippen molar-refractivity contribution in [3.63, 3.8) is 0 Å². The smallest absolute Gasteiger partial charge is 0.254 e. The lowest BCUT2D eigenvalue weighted by atomic mass is 10.1. The van der Waals surface area contributed by atoms with E-state index in [2.05, 4.69) is 43.0 Å². The Hall–Kier alpha value is -2.96. The molecular weight excluding hydrogens is 464 g/mol. The number of aromatic nitrogens is 2. The van der Waals surface area contributed by atoms with Crippen molar-refractivity contribution in [1.82, 2.24) is 14.9 Å². The molecule has 0 bridgehead atoms. The van der Waals surface area contributed by atoms with Crippen LogP contribution in [0.3, 0.4) is 0 Å². The minimum atomic E-state index is 0.0288. The second-order valence-electron chi connectivity index (χ2n) is 8.70. The van der Waals surface area contributed by atoms with E-state index in [4.69, 9.17) is 21.6 Å². The predicted octanol–water partition coefficient (Wildman–Crippen LogP) is 5.71. The summed E-state index contributed by atoms with van der Waals surface area (Å²) in [6.07, 6.45) is 1.72. The van der Waals surface area contributed by atoms with Gasteiger partial charge in [0.25, 0.3) is 5.91 Å². The third kappa shape index (κ3) is 4.65. The lowest BCUT2D eigenvalue weighted by Crippen LogP contribution is -2.49. The number of thiophene rings is 1. The number of fused-ring (bicyclic) bond motifs is 1. The van der Waals surface area contributed by atoms with Crippen molar-refractivity contribution in [1.29, 1.82) is 0 Å². The van der Waals surface area contributed by atoms with E-state index in [-0.39, 0.29) is 5.91 Å².